The van der Waals surface area contributed by atoms with Gasteiger partial charge in [-0.15, -0.1) is 0 Å². The van der Waals surface area contributed by atoms with Crippen molar-refractivity contribution in [2.24, 2.45) is 4.99 Å². The molecule has 0 saturated carbocycles. The van der Waals surface area contributed by atoms with Gasteiger partial charge in [-0.1, -0.05) is 53.0 Å². The second-order valence-electron chi connectivity index (χ2n) is 6.15. The summed E-state index contributed by atoms with van der Waals surface area (Å²) in [5.74, 6) is 0.725. The highest BCUT2D eigenvalue weighted by Crippen LogP contribution is 2.25. The van der Waals surface area contributed by atoms with Gasteiger partial charge in [-0.05, 0) is 61.4 Å². The molecule has 3 aromatic rings. The van der Waals surface area contributed by atoms with E-state index in [0.29, 0.717) is 16.7 Å². The summed E-state index contributed by atoms with van der Waals surface area (Å²) in [5, 5.41) is 1.33. The highest BCUT2D eigenvalue weighted by molar-refractivity contribution is 6.31. The minimum absolute atomic E-state index is 0.423. The predicted molar refractivity (Wildman–Crippen MR) is 110 cm³/mol. The lowest BCUT2D eigenvalue weighted by Gasteiger charge is -2.10. The summed E-state index contributed by atoms with van der Waals surface area (Å²) < 4.78 is 5.96. The zero-order chi connectivity index (χ0) is 18.5. The standard InChI is InChI=1S/C22H19Cl2NO/c1-15-6-8-21(16(2)10-15)25-13-18-12-20(24)7-9-22(18)26-14-17-4-3-5-19(23)11-17/h3-13H,14H2,1-2H3. The first-order valence-electron chi connectivity index (χ1n) is 8.29. The molecule has 3 aromatic carbocycles. The Bertz CT molecular complexity index is 951. The van der Waals surface area contributed by atoms with E-state index in [-0.39, 0.29) is 0 Å². The van der Waals surface area contributed by atoms with Gasteiger partial charge >= 0.3 is 0 Å². The van der Waals surface area contributed by atoms with Gasteiger partial charge in [-0.3, -0.25) is 4.99 Å². The number of nitrogens with zero attached hydrogens (tertiary/aromatic N) is 1. The molecular formula is C22H19Cl2NO. The first-order valence-corrected chi connectivity index (χ1v) is 9.05. The van der Waals surface area contributed by atoms with Gasteiger partial charge in [-0.2, -0.15) is 0 Å². The van der Waals surface area contributed by atoms with Crippen molar-refractivity contribution in [3.8, 4) is 5.75 Å². The third-order valence-electron chi connectivity index (χ3n) is 3.95. The van der Waals surface area contributed by atoms with E-state index < -0.39 is 0 Å². The number of hydrogen-bond acceptors (Lipinski definition) is 2. The Labute approximate surface area is 164 Å². The van der Waals surface area contributed by atoms with Crippen molar-refractivity contribution in [1.82, 2.24) is 0 Å². The van der Waals surface area contributed by atoms with Crippen LogP contribution in [0.5, 0.6) is 5.75 Å². The summed E-state index contributed by atoms with van der Waals surface area (Å²) in [7, 11) is 0. The fourth-order valence-electron chi connectivity index (χ4n) is 2.63. The molecule has 0 radical (unpaired) electrons. The molecule has 0 atom stereocenters. The lowest BCUT2D eigenvalue weighted by Crippen LogP contribution is -1.98. The molecule has 0 spiro atoms. The van der Waals surface area contributed by atoms with Crippen LogP contribution in [0.1, 0.15) is 22.3 Å². The van der Waals surface area contributed by atoms with Crippen molar-refractivity contribution >= 4 is 35.1 Å². The van der Waals surface area contributed by atoms with Crippen LogP contribution in [0.4, 0.5) is 5.69 Å². The molecule has 0 N–H and O–H groups in total. The monoisotopic (exact) mass is 383 g/mol. The molecule has 26 heavy (non-hydrogen) atoms. The van der Waals surface area contributed by atoms with E-state index in [1.807, 2.05) is 61.5 Å². The fourth-order valence-corrected chi connectivity index (χ4v) is 3.02. The van der Waals surface area contributed by atoms with E-state index in [4.69, 9.17) is 27.9 Å². The fraction of sp³-hybridized carbons (Fsp3) is 0.136. The lowest BCUT2D eigenvalue weighted by atomic mass is 10.1. The van der Waals surface area contributed by atoms with Crippen molar-refractivity contribution in [2.75, 3.05) is 0 Å². The molecule has 2 nitrogen and oxygen atoms in total. The van der Waals surface area contributed by atoms with Crippen LogP contribution in [-0.2, 0) is 6.61 Å². The molecule has 0 aliphatic carbocycles. The SMILES string of the molecule is Cc1ccc(N=Cc2cc(Cl)ccc2OCc2cccc(Cl)c2)c(C)c1. The average Bonchev–Trinajstić information content (AvgIpc) is 2.60. The Morgan fingerprint density at radius 2 is 1.73 bits per heavy atom. The first kappa shape index (κ1) is 18.5. The zero-order valence-electron chi connectivity index (χ0n) is 14.7. The topological polar surface area (TPSA) is 21.6 Å². The summed E-state index contributed by atoms with van der Waals surface area (Å²) in [6.07, 6.45) is 1.79. The van der Waals surface area contributed by atoms with E-state index in [1.54, 1.807) is 6.21 Å². The third-order valence-corrected chi connectivity index (χ3v) is 4.42. The van der Waals surface area contributed by atoms with Crippen molar-refractivity contribution in [1.29, 1.82) is 0 Å². The summed E-state index contributed by atoms with van der Waals surface area (Å²) in [6.45, 7) is 4.54. The highest BCUT2D eigenvalue weighted by atomic mass is 35.5. The summed E-state index contributed by atoms with van der Waals surface area (Å²) >= 11 is 12.2. The Balaban J connectivity index is 1.82. The Morgan fingerprint density at radius 3 is 2.50 bits per heavy atom. The predicted octanol–water partition coefficient (Wildman–Crippen LogP) is 6.94. The summed E-state index contributed by atoms with van der Waals surface area (Å²) in [6, 6.07) is 19.3. The number of halogens is 2. The maximum atomic E-state index is 6.15. The number of aliphatic imine (C=N–C) groups is 1. The van der Waals surface area contributed by atoms with E-state index in [2.05, 4.69) is 18.0 Å². The van der Waals surface area contributed by atoms with Crippen LogP contribution in [0.25, 0.3) is 0 Å². The van der Waals surface area contributed by atoms with Crippen LogP contribution < -0.4 is 4.74 Å². The number of rotatable bonds is 5. The maximum Gasteiger partial charge on any atom is 0.128 e. The zero-order valence-corrected chi connectivity index (χ0v) is 16.2. The van der Waals surface area contributed by atoms with E-state index in [0.717, 1.165) is 28.1 Å². The van der Waals surface area contributed by atoms with Crippen LogP contribution in [0.2, 0.25) is 10.0 Å². The largest absolute Gasteiger partial charge is 0.488 e. The Hall–Kier alpha value is -2.29. The Kier molecular flexibility index (Phi) is 5.97. The molecule has 132 valence electrons. The molecule has 4 heteroatoms. The molecular weight excluding hydrogens is 365 g/mol. The van der Waals surface area contributed by atoms with Crippen molar-refractivity contribution in [3.05, 3.63) is 93.0 Å². The van der Waals surface area contributed by atoms with Crippen LogP contribution >= 0.6 is 23.2 Å². The minimum Gasteiger partial charge on any atom is -0.488 e. The third kappa shape index (κ3) is 4.87. The molecule has 0 unspecified atom stereocenters. The van der Waals surface area contributed by atoms with Gasteiger partial charge in [0.25, 0.3) is 0 Å². The number of hydrogen-bond donors (Lipinski definition) is 0. The quantitative estimate of drug-likeness (QED) is 0.437. The van der Waals surface area contributed by atoms with Gasteiger partial charge in [0.2, 0.25) is 0 Å². The molecule has 0 aliphatic rings. The van der Waals surface area contributed by atoms with Gasteiger partial charge in [0.05, 0.1) is 5.69 Å². The molecule has 3 rings (SSSR count). The van der Waals surface area contributed by atoms with Gasteiger partial charge in [0.1, 0.15) is 12.4 Å². The van der Waals surface area contributed by atoms with Gasteiger partial charge < -0.3 is 4.74 Å². The molecule has 0 aliphatic heterocycles. The maximum absolute atomic E-state index is 6.15. The minimum atomic E-state index is 0.423. The van der Waals surface area contributed by atoms with E-state index in [1.165, 1.54) is 5.56 Å². The lowest BCUT2D eigenvalue weighted by molar-refractivity contribution is 0.306. The molecule has 0 heterocycles. The van der Waals surface area contributed by atoms with Crippen LogP contribution in [0.3, 0.4) is 0 Å². The van der Waals surface area contributed by atoms with Crippen molar-refractivity contribution < 1.29 is 4.74 Å². The van der Waals surface area contributed by atoms with Crippen molar-refractivity contribution in [2.45, 2.75) is 20.5 Å². The molecule has 0 fully saturated rings. The second-order valence-corrected chi connectivity index (χ2v) is 7.02. The summed E-state index contributed by atoms with van der Waals surface area (Å²) in [4.78, 5) is 4.60. The molecule has 0 aromatic heterocycles. The van der Waals surface area contributed by atoms with Crippen LogP contribution in [0, 0.1) is 13.8 Å². The van der Waals surface area contributed by atoms with Crippen LogP contribution in [0.15, 0.2) is 65.7 Å². The second kappa shape index (κ2) is 8.39. The summed E-state index contributed by atoms with van der Waals surface area (Å²) in [5.41, 5.74) is 5.11. The van der Waals surface area contributed by atoms with Crippen LogP contribution in [-0.4, -0.2) is 6.21 Å². The van der Waals surface area contributed by atoms with Gasteiger partial charge in [0, 0.05) is 21.8 Å². The number of benzene rings is 3. The Morgan fingerprint density at radius 1 is 0.923 bits per heavy atom. The smallest absolute Gasteiger partial charge is 0.128 e. The normalized spacial score (nSPS) is 11.1. The van der Waals surface area contributed by atoms with Crippen molar-refractivity contribution in [3.63, 3.8) is 0 Å². The number of ether oxygens (including phenoxy) is 1. The van der Waals surface area contributed by atoms with Gasteiger partial charge in [0.15, 0.2) is 0 Å². The molecule has 0 bridgehead atoms. The molecule has 0 amide bonds. The first-order chi connectivity index (χ1) is 12.5. The highest BCUT2D eigenvalue weighted by Gasteiger charge is 2.05. The molecule has 0 saturated heterocycles. The van der Waals surface area contributed by atoms with E-state index >= 15 is 0 Å². The average molecular weight is 384 g/mol. The number of aryl methyl sites for hydroxylation is 2. The van der Waals surface area contributed by atoms with Gasteiger partial charge in [-0.25, -0.2) is 0 Å². The van der Waals surface area contributed by atoms with E-state index in [9.17, 15) is 0 Å².